The predicted molar refractivity (Wildman–Crippen MR) is 213 cm³/mol. The summed E-state index contributed by atoms with van der Waals surface area (Å²) in [4.78, 5) is 14.9. The molecule has 2 aromatic heterocycles. The Hall–Kier alpha value is -7.05. The van der Waals surface area contributed by atoms with Gasteiger partial charge in [-0.15, -0.1) is 0 Å². The number of para-hydroxylation sites is 1. The zero-order valence-electron chi connectivity index (χ0n) is 29.5. The third-order valence-electron chi connectivity index (χ3n) is 10.8. The van der Waals surface area contributed by atoms with Gasteiger partial charge in [-0.3, -0.25) is 0 Å². The number of nitrogens with zero attached hydrogens (tertiary/aromatic N) is 3. The van der Waals surface area contributed by atoms with Crippen molar-refractivity contribution in [3.8, 4) is 79.4 Å². The van der Waals surface area contributed by atoms with Gasteiger partial charge in [0.1, 0.15) is 11.2 Å². The summed E-state index contributed by atoms with van der Waals surface area (Å²) in [5.74, 6) is 4.62. The van der Waals surface area contributed by atoms with E-state index in [1.165, 1.54) is 22.3 Å². The molecular weight excluding hydrogens is 667 g/mol. The molecule has 7 aromatic carbocycles. The zero-order chi connectivity index (χ0) is 36.0. The Kier molecular flexibility index (Phi) is 6.49. The van der Waals surface area contributed by atoms with Gasteiger partial charge in [0.25, 0.3) is 0 Å². The summed E-state index contributed by atoms with van der Waals surface area (Å²) in [7, 11) is 0. The van der Waals surface area contributed by atoms with Crippen LogP contribution in [0.1, 0.15) is 25.0 Å². The molecule has 3 heterocycles. The Morgan fingerprint density at radius 2 is 0.981 bits per heavy atom. The summed E-state index contributed by atoms with van der Waals surface area (Å²) in [6.45, 7) is 4.54. The van der Waals surface area contributed by atoms with E-state index in [1.54, 1.807) is 0 Å². The Morgan fingerprint density at radius 3 is 1.81 bits per heavy atom. The first kappa shape index (κ1) is 30.6. The Balaban J connectivity index is 0.927. The normalized spacial score (nSPS) is 13.4. The van der Waals surface area contributed by atoms with Crippen LogP contribution in [-0.2, 0) is 5.41 Å². The van der Waals surface area contributed by atoms with Crippen molar-refractivity contribution in [3.63, 3.8) is 0 Å². The van der Waals surface area contributed by atoms with Crippen molar-refractivity contribution in [3.05, 3.63) is 163 Å². The van der Waals surface area contributed by atoms with Gasteiger partial charge >= 0.3 is 0 Å². The molecule has 0 radical (unpaired) electrons. The van der Waals surface area contributed by atoms with E-state index in [-0.39, 0.29) is 5.41 Å². The van der Waals surface area contributed by atoms with Gasteiger partial charge in [0, 0.05) is 32.9 Å². The lowest BCUT2D eigenvalue weighted by Crippen LogP contribution is -2.15. The average Bonchev–Trinajstić information content (AvgIpc) is 3.70. The SMILES string of the molecule is CC1(C)c2ccccc2-c2cc3c(cc21)Oc1cc(-c2ccc(-c4nc(-c5ccccc5)nc(-c5ccc6c(c5)oc5ccccc56)n4)cc2)ccc1O3. The van der Waals surface area contributed by atoms with E-state index in [2.05, 4.69) is 98.8 Å². The molecule has 0 saturated carbocycles. The quantitative estimate of drug-likeness (QED) is 0.182. The van der Waals surface area contributed by atoms with Gasteiger partial charge in [-0.05, 0) is 75.8 Å². The van der Waals surface area contributed by atoms with E-state index >= 15 is 0 Å². The minimum absolute atomic E-state index is 0.128. The fourth-order valence-electron chi connectivity index (χ4n) is 7.98. The average molecular weight is 698 g/mol. The van der Waals surface area contributed by atoms with Crippen LogP contribution in [0.15, 0.2) is 156 Å². The molecule has 0 amide bonds. The van der Waals surface area contributed by atoms with Gasteiger partial charge in [0.15, 0.2) is 40.5 Å². The number of benzene rings is 7. The van der Waals surface area contributed by atoms with Crippen LogP contribution in [0.4, 0.5) is 0 Å². The molecule has 0 spiro atoms. The maximum atomic E-state index is 6.55. The predicted octanol–water partition coefficient (Wildman–Crippen LogP) is 12.6. The number of aromatic nitrogens is 3. The lowest BCUT2D eigenvalue weighted by Gasteiger charge is -2.25. The maximum Gasteiger partial charge on any atom is 0.170 e. The lowest BCUT2D eigenvalue weighted by atomic mass is 9.82. The summed E-state index contributed by atoms with van der Waals surface area (Å²) in [6, 6.07) is 51.5. The first-order chi connectivity index (χ1) is 26.5. The van der Waals surface area contributed by atoms with Gasteiger partial charge < -0.3 is 13.9 Å². The molecule has 0 fully saturated rings. The van der Waals surface area contributed by atoms with Crippen molar-refractivity contribution in [2.45, 2.75) is 19.3 Å². The highest BCUT2D eigenvalue weighted by Gasteiger charge is 2.37. The summed E-state index contributed by atoms with van der Waals surface area (Å²) < 4.78 is 19.2. The topological polar surface area (TPSA) is 70.3 Å². The summed E-state index contributed by atoms with van der Waals surface area (Å²) >= 11 is 0. The molecule has 54 heavy (non-hydrogen) atoms. The second-order valence-electron chi connectivity index (χ2n) is 14.4. The molecule has 0 atom stereocenters. The molecule has 0 bridgehead atoms. The first-order valence-electron chi connectivity index (χ1n) is 18.1. The van der Waals surface area contributed by atoms with Crippen LogP contribution >= 0.6 is 0 Å². The van der Waals surface area contributed by atoms with Gasteiger partial charge in [0.05, 0.1) is 0 Å². The first-order valence-corrected chi connectivity index (χ1v) is 18.1. The van der Waals surface area contributed by atoms with Crippen molar-refractivity contribution >= 4 is 21.9 Å². The van der Waals surface area contributed by atoms with Gasteiger partial charge in [-0.2, -0.15) is 0 Å². The van der Waals surface area contributed by atoms with Gasteiger partial charge in [0.2, 0.25) is 0 Å². The molecule has 11 rings (SSSR count). The van der Waals surface area contributed by atoms with Crippen molar-refractivity contribution in [2.24, 2.45) is 0 Å². The monoisotopic (exact) mass is 697 g/mol. The van der Waals surface area contributed by atoms with E-state index in [0.29, 0.717) is 29.0 Å². The van der Waals surface area contributed by atoms with Crippen LogP contribution in [0, 0.1) is 0 Å². The van der Waals surface area contributed by atoms with E-state index < -0.39 is 0 Å². The van der Waals surface area contributed by atoms with Crippen molar-refractivity contribution in [2.75, 3.05) is 0 Å². The maximum absolute atomic E-state index is 6.55. The third kappa shape index (κ3) is 4.77. The smallest absolute Gasteiger partial charge is 0.170 e. The van der Waals surface area contributed by atoms with E-state index in [4.69, 9.17) is 28.8 Å². The van der Waals surface area contributed by atoms with Crippen LogP contribution in [-0.4, -0.2) is 15.0 Å². The zero-order valence-corrected chi connectivity index (χ0v) is 29.5. The van der Waals surface area contributed by atoms with Crippen molar-refractivity contribution < 1.29 is 13.9 Å². The Labute approximate surface area is 311 Å². The number of hydrogen-bond acceptors (Lipinski definition) is 6. The van der Waals surface area contributed by atoms with Crippen LogP contribution in [0.3, 0.4) is 0 Å². The van der Waals surface area contributed by atoms with E-state index in [9.17, 15) is 0 Å². The molecular formula is C48H31N3O3. The fourth-order valence-corrected chi connectivity index (χ4v) is 7.98. The molecule has 6 nitrogen and oxygen atoms in total. The van der Waals surface area contributed by atoms with E-state index in [0.717, 1.165) is 61.3 Å². The Bertz CT molecular complexity index is 2970. The third-order valence-corrected chi connectivity index (χ3v) is 10.8. The highest BCUT2D eigenvalue weighted by molar-refractivity contribution is 6.05. The van der Waals surface area contributed by atoms with Crippen LogP contribution in [0.25, 0.3) is 78.4 Å². The molecule has 9 aromatic rings. The molecule has 0 unspecified atom stereocenters. The van der Waals surface area contributed by atoms with Gasteiger partial charge in [-0.25, -0.2) is 15.0 Å². The van der Waals surface area contributed by atoms with Crippen LogP contribution < -0.4 is 9.47 Å². The second-order valence-corrected chi connectivity index (χ2v) is 14.4. The minimum atomic E-state index is -0.128. The van der Waals surface area contributed by atoms with Gasteiger partial charge in [-0.1, -0.05) is 123 Å². The second kappa shape index (κ2) is 11.5. The fraction of sp³-hybridized carbons (Fsp3) is 0.0625. The summed E-state index contributed by atoms with van der Waals surface area (Å²) in [6.07, 6.45) is 0. The molecule has 1 aliphatic carbocycles. The van der Waals surface area contributed by atoms with E-state index in [1.807, 2.05) is 66.7 Å². The van der Waals surface area contributed by atoms with Crippen LogP contribution in [0.5, 0.6) is 23.0 Å². The number of hydrogen-bond donors (Lipinski definition) is 0. The molecule has 256 valence electrons. The molecule has 0 saturated heterocycles. The highest BCUT2D eigenvalue weighted by Crippen LogP contribution is 2.55. The summed E-state index contributed by atoms with van der Waals surface area (Å²) in [5.41, 5.74) is 11.2. The lowest BCUT2D eigenvalue weighted by molar-refractivity contribution is 0.359. The van der Waals surface area contributed by atoms with Crippen molar-refractivity contribution in [1.82, 2.24) is 15.0 Å². The molecule has 1 aliphatic heterocycles. The number of rotatable bonds is 4. The largest absolute Gasteiger partial charge is 0.456 e. The number of fused-ring (bicyclic) bond motifs is 8. The number of ether oxygens (including phenoxy) is 2. The molecule has 2 aliphatic rings. The van der Waals surface area contributed by atoms with Crippen LogP contribution in [0.2, 0.25) is 0 Å². The van der Waals surface area contributed by atoms with Crippen molar-refractivity contribution in [1.29, 1.82) is 0 Å². The standard InChI is InChI=1S/C48H31N3O3/c1-48(2)37-14-8-6-12-33(37)36-26-43-44(27-38(36)48)54-42-24-31(21-23-40(42)53-43)28-16-18-30(19-17-28)46-49-45(29-10-4-3-5-11-29)50-47(51-46)32-20-22-35-34-13-7-9-15-39(34)52-41(35)25-32/h3-27H,1-2H3. The Morgan fingerprint density at radius 1 is 0.389 bits per heavy atom. The molecule has 0 N–H and O–H groups in total. The molecule has 6 heteroatoms. The highest BCUT2D eigenvalue weighted by atomic mass is 16.6. The number of furan rings is 1. The summed E-state index contributed by atoms with van der Waals surface area (Å²) in [5, 5.41) is 2.14. The minimum Gasteiger partial charge on any atom is -0.456 e.